The van der Waals surface area contributed by atoms with E-state index in [1.54, 1.807) is 0 Å². The van der Waals surface area contributed by atoms with Crippen LogP contribution < -0.4 is 10.2 Å². The van der Waals surface area contributed by atoms with Gasteiger partial charge in [0.2, 0.25) is 0 Å². The molecule has 2 nitrogen and oxygen atoms in total. The Morgan fingerprint density at radius 1 is 1.33 bits per heavy atom. The molecule has 0 saturated carbocycles. The summed E-state index contributed by atoms with van der Waals surface area (Å²) in [6.07, 6.45) is 1.18. The Balaban J connectivity index is 2.17. The summed E-state index contributed by atoms with van der Waals surface area (Å²) in [7, 11) is 2.09. The molecule has 1 aromatic carbocycles. The topological polar surface area (TPSA) is 15.3 Å². The van der Waals surface area contributed by atoms with Crippen molar-refractivity contribution in [1.29, 1.82) is 0 Å². The Bertz CT molecular complexity index is 348. The van der Waals surface area contributed by atoms with Crippen LogP contribution in [0.3, 0.4) is 0 Å². The summed E-state index contributed by atoms with van der Waals surface area (Å²) < 4.78 is 0. The summed E-state index contributed by atoms with van der Waals surface area (Å²) in [5, 5.41) is 4.58. The first-order valence-electron chi connectivity index (χ1n) is 5.07. The summed E-state index contributed by atoms with van der Waals surface area (Å²) in [5.74, 6) is 0. The fourth-order valence-electron chi connectivity index (χ4n) is 1.89. The molecule has 0 radical (unpaired) electrons. The van der Waals surface area contributed by atoms with Gasteiger partial charge in [-0.1, -0.05) is 23.2 Å². The minimum atomic E-state index is 0.558. The smallest absolute Gasteiger partial charge is 0.0612 e. The van der Waals surface area contributed by atoms with Gasteiger partial charge < -0.3 is 10.2 Å². The molecule has 0 spiro atoms. The van der Waals surface area contributed by atoms with Crippen molar-refractivity contribution in [3.8, 4) is 0 Å². The molecule has 1 saturated heterocycles. The second-order valence-corrected chi connectivity index (χ2v) is 4.67. The first-order chi connectivity index (χ1) is 7.18. The molecule has 1 aliphatic heterocycles. The number of halogens is 2. The zero-order valence-electron chi connectivity index (χ0n) is 8.63. The lowest BCUT2D eigenvalue weighted by molar-refractivity contribution is 0.686. The lowest BCUT2D eigenvalue weighted by Crippen LogP contribution is -2.33. The largest absolute Gasteiger partial charge is 0.370 e. The van der Waals surface area contributed by atoms with Crippen molar-refractivity contribution in [3.63, 3.8) is 0 Å². The van der Waals surface area contributed by atoms with Gasteiger partial charge in [-0.25, -0.2) is 0 Å². The van der Waals surface area contributed by atoms with Crippen LogP contribution in [0.1, 0.15) is 6.42 Å². The molecule has 0 aromatic heterocycles. The summed E-state index contributed by atoms with van der Waals surface area (Å²) in [4.78, 5) is 2.25. The van der Waals surface area contributed by atoms with Crippen molar-refractivity contribution in [2.24, 2.45) is 0 Å². The Hall–Kier alpha value is -0.440. The summed E-state index contributed by atoms with van der Waals surface area (Å²) in [6, 6.07) is 6.33. The van der Waals surface area contributed by atoms with Crippen LogP contribution in [0.2, 0.25) is 10.0 Å². The third-order valence-electron chi connectivity index (χ3n) is 2.89. The molecule has 0 amide bonds. The highest BCUT2D eigenvalue weighted by molar-refractivity contribution is 6.42. The zero-order valence-corrected chi connectivity index (χ0v) is 10.1. The molecule has 1 fully saturated rings. The molecule has 1 heterocycles. The second kappa shape index (κ2) is 4.60. The van der Waals surface area contributed by atoms with Gasteiger partial charge in [0.05, 0.1) is 10.0 Å². The molecule has 1 atom stereocenters. The molecule has 1 aromatic rings. The molecule has 0 bridgehead atoms. The summed E-state index contributed by atoms with van der Waals surface area (Å²) in [6.45, 7) is 2.13. The first-order valence-corrected chi connectivity index (χ1v) is 5.82. The Morgan fingerprint density at radius 2 is 2.13 bits per heavy atom. The Labute approximate surface area is 100 Å². The number of hydrogen-bond donors (Lipinski definition) is 1. The fourth-order valence-corrected chi connectivity index (χ4v) is 2.18. The van der Waals surface area contributed by atoms with Gasteiger partial charge in [0.1, 0.15) is 0 Å². The highest BCUT2D eigenvalue weighted by atomic mass is 35.5. The van der Waals surface area contributed by atoms with E-state index in [9.17, 15) is 0 Å². The average Bonchev–Trinajstić information content (AvgIpc) is 2.74. The normalized spacial score (nSPS) is 20.6. The number of benzene rings is 1. The van der Waals surface area contributed by atoms with Crippen molar-refractivity contribution in [3.05, 3.63) is 28.2 Å². The first kappa shape index (κ1) is 11.1. The highest BCUT2D eigenvalue weighted by Crippen LogP contribution is 2.28. The number of nitrogens with zero attached hydrogens (tertiary/aromatic N) is 1. The molecular formula is C11H14Cl2N2. The van der Waals surface area contributed by atoms with E-state index in [0.29, 0.717) is 16.1 Å². The standard InChI is InChI=1S/C11H14Cl2N2/c1-15(9-4-5-14-7-9)8-2-3-10(12)11(13)6-8/h2-3,6,9,14H,4-5,7H2,1H3. The van der Waals surface area contributed by atoms with E-state index in [2.05, 4.69) is 17.3 Å². The highest BCUT2D eigenvalue weighted by Gasteiger charge is 2.19. The van der Waals surface area contributed by atoms with Gasteiger partial charge in [0.25, 0.3) is 0 Å². The van der Waals surface area contributed by atoms with E-state index < -0.39 is 0 Å². The predicted molar refractivity (Wildman–Crippen MR) is 66.1 cm³/mol. The van der Waals surface area contributed by atoms with E-state index in [-0.39, 0.29) is 0 Å². The van der Waals surface area contributed by atoms with Crippen molar-refractivity contribution in [1.82, 2.24) is 5.32 Å². The van der Waals surface area contributed by atoms with Crippen molar-refractivity contribution < 1.29 is 0 Å². The van der Waals surface area contributed by atoms with Gasteiger partial charge in [0.15, 0.2) is 0 Å². The van der Waals surface area contributed by atoms with E-state index in [1.807, 2.05) is 18.2 Å². The Morgan fingerprint density at radius 3 is 2.73 bits per heavy atom. The average molecular weight is 245 g/mol. The summed E-state index contributed by atoms with van der Waals surface area (Å²) >= 11 is 11.9. The third-order valence-corrected chi connectivity index (χ3v) is 3.63. The van der Waals surface area contributed by atoms with E-state index in [0.717, 1.165) is 18.8 Å². The molecule has 2 rings (SSSR count). The molecule has 1 aliphatic rings. The number of hydrogen-bond acceptors (Lipinski definition) is 2. The van der Waals surface area contributed by atoms with Crippen LogP contribution in [0.4, 0.5) is 5.69 Å². The van der Waals surface area contributed by atoms with Crippen LogP contribution in [-0.4, -0.2) is 26.2 Å². The molecular weight excluding hydrogens is 231 g/mol. The quantitative estimate of drug-likeness (QED) is 0.861. The maximum absolute atomic E-state index is 5.99. The van der Waals surface area contributed by atoms with Gasteiger partial charge in [0, 0.05) is 25.3 Å². The van der Waals surface area contributed by atoms with Gasteiger partial charge in [-0.15, -0.1) is 0 Å². The maximum Gasteiger partial charge on any atom is 0.0612 e. The molecule has 15 heavy (non-hydrogen) atoms. The van der Waals surface area contributed by atoms with Crippen LogP contribution in [0.25, 0.3) is 0 Å². The second-order valence-electron chi connectivity index (χ2n) is 3.86. The van der Waals surface area contributed by atoms with Gasteiger partial charge in [-0.2, -0.15) is 0 Å². The monoisotopic (exact) mass is 244 g/mol. The molecule has 82 valence electrons. The fraction of sp³-hybridized carbons (Fsp3) is 0.455. The van der Waals surface area contributed by atoms with Gasteiger partial charge in [-0.3, -0.25) is 0 Å². The van der Waals surface area contributed by atoms with Crippen LogP contribution in [0.5, 0.6) is 0 Å². The van der Waals surface area contributed by atoms with Gasteiger partial charge >= 0.3 is 0 Å². The number of likely N-dealkylation sites (N-methyl/N-ethyl adjacent to an activating group) is 1. The van der Waals surface area contributed by atoms with Crippen LogP contribution in [-0.2, 0) is 0 Å². The number of rotatable bonds is 2. The minimum absolute atomic E-state index is 0.558. The maximum atomic E-state index is 5.99. The lowest BCUT2D eigenvalue weighted by Gasteiger charge is -2.26. The predicted octanol–water partition coefficient (Wildman–Crippen LogP) is 2.79. The third kappa shape index (κ3) is 2.39. The van der Waals surface area contributed by atoms with Crippen molar-refractivity contribution in [2.75, 3.05) is 25.0 Å². The molecule has 1 unspecified atom stereocenters. The number of anilines is 1. The van der Waals surface area contributed by atoms with E-state index in [4.69, 9.17) is 23.2 Å². The number of nitrogens with one attached hydrogen (secondary N) is 1. The van der Waals surface area contributed by atoms with Crippen LogP contribution in [0.15, 0.2) is 18.2 Å². The molecule has 4 heteroatoms. The molecule has 0 aliphatic carbocycles. The minimum Gasteiger partial charge on any atom is -0.370 e. The summed E-state index contributed by atoms with van der Waals surface area (Å²) in [5.41, 5.74) is 1.12. The zero-order chi connectivity index (χ0) is 10.8. The van der Waals surface area contributed by atoms with E-state index >= 15 is 0 Å². The SMILES string of the molecule is CN(c1ccc(Cl)c(Cl)c1)C1CCNC1. The van der Waals surface area contributed by atoms with Crippen LogP contribution in [0, 0.1) is 0 Å². The Kier molecular flexibility index (Phi) is 3.39. The lowest BCUT2D eigenvalue weighted by atomic mass is 10.2. The van der Waals surface area contributed by atoms with Gasteiger partial charge in [-0.05, 0) is 31.2 Å². The van der Waals surface area contributed by atoms with E-state index in [1.165, 1.54) is 6.42 Å². The van der Waals surface area contributed by atoms with Crippen molar-refractivity contribution in [2.45, 2.75) is 12.5 Å². The van der Waals surface area contributed by atoms with Crippen LogP contribution >= 0.6 is 23.2 Å². The van der Waals surface area contributed by atoms with Crippen molar-refractivity contribution >= 4 is 28.9 Å². The molecule has 1 N–H and O–H groups in total.